The van der Waals surface area contributed by atoms with Crippen LogP contribution in [-0.2, 0) is 0 Å². The summed E-state index contributed by atoms with van der Waals surface area (Å²) < 4.78 is 36.2. The molecule has 5 nitrogen and oxygen atoms in total. The van der Waals surface area contributed by atoms with Crippen molar-refractivity contribution in [1.82, 2.24) is 0 Å². The Bertz CT molecular complexity index is 400. The van der Waals surface area contributed by atoms with E-state index in [-0.39, 0.29) is 22.8 Å². The summed E-state index contributed by atoms with van der Waals surface area (Å²) >= 11 is 0. The zero-order valence-corrected chi connectivity index (χ0v) is 9.98. The Kier molecular flexibility index (Phi) is 4.31. The first kappa shape index (κ1) is 14.5. The highest BCUT2D eigenvalue weighted by Gasteiger charge is 2.38. The molecule has 1 rings (SSSR count). The third kappa shape index (κ3) is 2.62. The van der Waals surface area contributed by atoms with E-state index in [2.05, 4.69) is 0 Å². The maximum atomic E-state index is 13.3. The van der Waals surface area contributed by atoms with E-state index in [9.17, 15) is 13.9 Å². The number of aliphatic hydroxyl groups excluding tert-OH is 1. The Morgan fingerprint density at radius 2 is 1.72 bits per heavy atom. The lowest BCUT2D eigenvalue weighted by molar-refractivity contribution is -0.0712. The van der Waals surface area contributed by atoms with E-state index >= 15 is 0 Å². The van der Waals surface area contributed by atoms with Crippen LogP contribution in [0.25, 0.3) is 0 Å². The monoisotopic (exact) mass is 263 g/mol. The summed E-state index contributed by atoms with van der Waals surface area (Å²) in [5.74, 6) is -3.85. The molecule has 102 valence electrons. The molecule has 0 saturated heterocycles. The van der Waals surface area contributed by atoms with Crippen LogP contribution in [0, 0.1) is 0 Å². The molecule has 0 fully saturated rings. The van der Waals surface area contributed by atoms with Crippen molar-refractivity contribution < 1.29 is 28.5 Å². The van der Waals surface area contributed by atoms with Gasteiger partial charge in [-0.25, -0.2) is 8.78 Å². The largest absolute Gasteiger partial charge is 0.502 e. The van der Waals surface area contributed by atoms with Crippen LogP contribution in [0.3, 0.4) is 0 Å². The number of hydrogen-bond donors (Lipinski definition) is 3. The number of rotatable bonds is 5. The van der Waals surface area contributed by atoms with Crippen molar-refractivity contribution in [3.63, 3.8) is 0 Å². The number of phenols is 1. The van der Waals surface area contributed by atoms with E-state index in [1.807, 2.05) is 0 Å². The van der Waals surface area contributed by atoms with Crippen molar-refractivity contribution in [3.8, 4) is 17.2 Å². The average Bonchev–Trinajstić information content (AvgIpc) is 2.38. The summed E-state index contributed by atoms with van der Waals surface area (Å²) in [6.07, 6.45) is 0. The molecule has 18 heavy (non-hydrogen) atoms. The first-order valence-corrected chi connectivity index (χ1v) is 5.06. The van der Waals surface area contributed by atoms with Gasteiger partial charge in [0.15, 0.2) is 11.5 Å². The van der Waals surface area contributed by atoms with Gasteiger partial charge in [-0.3, -0.25) is 0 Å². The lowest BCUT2D eigenvalue weighted by Gasteiger charge is -2.22. The molecule has 0 unspecified atom stereocenters. The molecule has 0 aliphatic heterocycles. The van der Waals surface area contributed by atoms with Gasteiger partial charge in [-0.1, -0.05) is 0 Å². The van der Waals surface area contributed by atoms with Crippen molar-refractivity contribution in [2.45, 2.75) is 12.0 Å². The third-order valence-corrected chi connectivity index (χ3v) is 2.53. The number of hydrogen-bond acceptors (Lipinski definition) is 5. The fourth-order valence-corrected chi connectivity index (χ4v) is 1.44. The molecular weight excluding hydrogens is 248 g/mol. The molecule has 0 amide bonds. The van der Waals surface area contributed by atoms with Gasteiger partial charge >= 0.3 is 0 Å². The van der Waals surface area contributed by atoms with Crippen molar-refractivity contribution in [2.75, 3.05) is 20.8 Å². The standard InChI is InChI=1S/C11H15F2NO4/c1-17-7-3-6(4-8(18-2)9(7)16)10(14)11(12,13)5-15/h3-4,10,15-16H,5,14H2,1-2H3/t10-/m1/s1. The van der Waals surface area contributed by atoms with Gasteiger partial charge in [-0.2, -0.15) is 0 Å². The highest BCUT2D eigenvalue weighted by Crippen LogP contribution is 2.40. The van der Waals surface area contributed by atoms with Gasteiger partial charge in [0.1, 0.15) is 6.61 Å². The number of benzene rings is 1. The summed E-state index contributed by atoms with van der Waals surface area (Å²) in [7, 11) is 2.54. The summed E-state index contributed by atoms with van der Waals surface area (Å²) in [4.78, 5) is 0. The third-order valence-electron chi connectivity index (χ3n) is 2.53. The van der Waals surface area contributed by atoms with E-state index in [1.165, 1.54) is 26.4 Å². The van der Waals surface area contributed by atoms with Crippen LogP contribution in [0.1, 0.15) is 11.6 Å². The molecule has 0 aromatic heterocycles. The normalized spacial score (nSPS) is 13.2. The van der Waals surface area contributed by atoms with E-state index in [1.54, 1.807) is 0 Å². The molecule has 1 aromatic carbocycles. The maximum absolute atomic E-state index is 13.3. The van der Waals surface area contributed by atoms with E-state index in [4.69, 9.17) is 20.3 Å². The fourth-order valence-electron chi connectivity index (χ4n) is 1.44. The van der Waals surface area contributed by atoms with Crippen LogP contribution in [-0.4, -0.2) is 37.0 Å². The maximum Gasteiger partial charge on any atom is 0.289 e. The predicted octanol–water partition coefficient (Wildman–Crippen LogP) is 1.04. The second kappa shape index (κ2) is 5.36. The topological polar surface area (TPSA) is 84.9 Å². The first-order valence-electron chi connectivity index (χ1n) is 5.06. The number of halogens is 2. The van der Waals surface area contributed by atoms with E-state index < -0.39 is 18.6 Å². The minimum atomic E-state index is -3.48. The lowest BCUT2D eigenvalue weighted by atomic mass is 10.0. The Labute approximate surface area is 103 Å². The van der Waals surface area contributed by atoms with Crippen molar-refractivity contribution in [2.24, 2.45) is 5.73 Å². The second-order valence-corrected chi connectivity index (χ2v) is 3.67. The van der Waals surface area contributed by atoms with Crippen LogP contribution >= 0.6 is 0 Å². The van der Waals surface area contributed by atoms with Crippen LogP contribution in [0.4, 0.5) is 8.78 Å². The minimum Gasteiger partial charge on any atom is -0.502 e. The molecule has 0 aliphatic rings. The Balaban J connectivity index is 3.25. The van der Waals surface area contributed by atoms with Gasteiger partial charge in [-0.05, 0) is 17.7 Å². The number of aliphatic hydroxyl groups is 1. The summed E-state index contributed by atoms with van der Waals surface area (Å²) in [6, 6.07) is 0.615. The van der Waals surface area contributed by atoms with Gasteiger partial charge in [0.05, 0.1) is 20.3 Å². The second-order valence-electron chi connectivity index (χ2n) is 3.67. The molecule has 0 spiro atoms. The van der Waals surface area contributed by atoms with E-state index in [0.29, 0.717) is 0 Å². The predicted molar refractivity (Wildman–Crippen MR) is 60.2 cm³/mol. The van der Waals surface area contributed by atoms with Gasteiger partial charge in [0, 0.05) is 0 Å². The van der Waals surface area contributed by atoms with Crippen LogP contribution in [0.2, 0.25) is 0 Å². The number of aromatic hydroxyl groups is 1. The fraction of sp³-hybridized carbons (Fsp3) is 0.455. The molecule has 0 radical (unpaired) electrons. The molecule has 0 bridgehead atoms. The number of nitrogens with two attached hydrogens (primary N) is 1. The van der Waals surface area contributed by atoms with Crippen LogP contribution in [0.5, 0.6) is 17.2 Å². The first-order chi connectivity index (χ1) is 8.37. The molecule has 0 saturated carbocycles. The van der Waals surface area contributed by atoms with Crippen molar-refractivity contribution >= 4 is 0 Å². The summed E-state index contributed by atoms with van der Waals surface area (Å²) in [5.41, 5.74) is 5.36. The number of ether oxygens (including phenoxy) is 2. The summed E-state index contributed by atoms with van der Waals surface area (Å²) in [6.45, 7) is -1.38. The van der Waals surface area contributed by atoms with Gasteiger partial charge in [-0.15, -0.1) is 0 Å². The summed E-state index contributed by atoms with van der Waals surface area (Å²) in [5, 5.41) is 18.2. The average molecular weight is 263 g/mol. The van der Waals surface area contributed by atoms with Crippen LogP contribution in [0.15, 0.2) is 12.1 Å². The van der Waals surface area contributed by atoms with E-state index in [0.717, 1.165) is 0 Å². The van der Waals surface area contributed by atoms with Crippen molar-refractivity contribution in [1.29, 1.82) is 0 Å². The molecule has 0 aliphatic carbocycles. The molecular formula is C11H15F2NO4. The Morgan fingerprint density at radius 3 is 2.06 bits per heavy atom. The van der Waals surface area contributed by atoms with Gasteiger partial charge in [0.25, 0.3) is 5.92 Å². The quantitative estimate of drug-likeness (QED) is 0.739. The Morgan fingerprint density at radius 1 is 1.28 bits per heavy atom. The molecule has 1 aromatic rings. The van der Waals surface area contributed by atoms with Gasteiger partial charge < -0.3 is 25.4 Å². The minimum absolute atomic E-state index is 0.0134. The van der Waals surface area contributed by atoms with Crippen molar-refractivity contribution in [3.05, 3.63) is 17.7 Å². The van der Waals surface area contributed by atoms with Gasteiger partial charge in [0.2, 0.25) is 5.75 Å². The van der Waals surface area contributed by atoms with Crippen LogP contribution < -0.4 is 15.2 Å². The number of alkyl halides is 2. The molecule has 4 N–H and O–H groups in total. The highest BCUT2D eigenvalue weighted by atomic mass is 19.3. The lowest BCUT2D eigenvalue weighted by Crippen LogP contribution is -2.36. The zero-order valence-electron chi connectivity index (χ0n) is 9.98. The smallest absolute Gasteiger partial charge is 0.289 e. The molecule has 0 heterocycles. The molecule has 7 heteroatoms. The SMILES string of the molecule is COc1cc([C@@H](N)C(F)(F)CO)cc(OC)c1O. The molecule has 1 atom stereocenters. The highest BCUT2D eigenvalue weighted by molar-refractivity contribution is 5.53. The number of methoxy groups -OCH3 is 2. The zero-order chi connectivity index (χ0) is 13.9. The Hall–Kier alpha value is -1.60. The number of phenolic OH excluding ortho intramolecular Hbond substituents is 1.